The SMILES string of the molecule is N[C@H]1CCOc2c1cc1ccccc1c2Br. The molecule has 0 fully saturated rings. The molecule has 0 saturated carbocycles. The summed E-state index contributed by atoms with van der Waals surface area (Å²) in [6.07, 6.45) is 0.887. The van der Waals surface area contributed by atoms with E-state index < -0.39 is 0 Å². The van der Waals surface area contributed by atoms with Gasteiger partial charge in [0.25, 0.3) is 0 Å². The zero-order valence-corrected chi connectivity index (χ0v) is 10.3. The van der Waals surface area contributed by atoms with Crippen LogP contribution in [-0.4, -0.2) is 6.61 Å². The lowest BCUT2D eigenvalue weighted by Gasteiger charge is -2.24. The number of rotatable bonds is 0. The van der Waals surface area contributed by atoms with Crippen LogP contribution in [0.4, 0.5) is 0 Å². The van der Waals surface area contributed by atoms with Crippen LogP contribution in [0.3, 0.4) is 0 Å². The Kier molecular flexibility index (Phi) is 2.37. The molecule has 0 aromatic heterocycles. The van der Waals surface area contributed by atoms with Gasteiger partial charge in [0.15, 0.2) is 0 Å². The zero-order valence-electron chi connectivity index (χ0n) is 8.74. The van der Waals surface area contributed by atoms with Crippen LogP contribution in [0, 0.1) is 0 Å². The van der Waals surface area contributed by atoms with Gasteiger partial charge in [-0.05, 0) is 32.8 Å². The van der Waals surface area contributed by atoms with Crippen molar-refractivity contribution in [2.45, 2.75) is 12.5 Å². The van der Waals surface area contributed by atoms with Crippen molar-refractivity contribution < 1.29 is 4.74 Å². The van der Waals surface area contributed by atoms with E-state index in [2.05, 4.69) is 34.1 Å². The molecule has 3 heteroatoms. The summed E-state index contributed by atoms with van der Waals surface area (Å²) >= 11 is 3.61. The molecule has 0 saturated heterocycles. The Bertz CT molecular complexity index is 553. The second kappa shape index (κ2) is 3.75. The Hall–Kier alpha value is -1.06. The van der Waals surface area contributed by atoms with Crippen molar-refractivity contribution in [1.29, 1.82) is 0 Å². The van der Waals surface area contributed by atoms with E-state index in [1.807, 2.05) is 12.1 Å². The standard InChI is InChI=1S/C13H12BrNO/c14-12-9-4-2-1-3-8(9)7-10-11(15)5-6-16-13(10)12/h1-4,7,11H,5-6,15H2/t11-/m0/s1. The lowest BCUT2D eigenvalue weighted by Crippen LogP contribution is -2.20. The van der Waals surface area contributed by atoms with E-state index in [1.165, 1.54) is 10.8 Å². The van der Waals surface area contributed by atoms with E-state index in [0.717, 1.165) is 22.2 Å². The molecule has 2 aromatic carbocycles. The third-order valence-electron chi connectivity index (χ3n) is 3.04. The summed E-state index contributed by atoms with van der Waals surface area (Å²) in [4.78, 5) is 0. The summed E-state index contributed by atoms with van der Waals surface area (Å²) in [5.41, 5.74) is 7.21. The Labute approximate surface area is 103 Å². The van der Waals surface area contributed by atoms with Gasteiger partial charge in [-0.1, -0.05) is 24.3 Å². The van der Waals surface area contributed by atoms with Crippen LogP contribution in [0.2, 0.25) is 0 Å². The van der Waals surface area contributed by atoms with Crippen LogP contribution in [0.25, 0.3) is 10.8 Å². The first-order chi connectivity index (χ1) is 7.77. The van der Waals surface area contributed by atoms with Gasteiger partial charge in [0.05, 0.1) is 11.1 Å². The van der Waals surface area contributed by atoms with Gasteiger partial charge in [-0.3, -0.25) is 0 Å². The fourth-order valence-electron chi connectivity index (χ4n) is 2.17. The smallest absolute Gasteiger partial charge is 0.138 e. The number of hydrogen-bond acceptors (Lipinski definition) is 2. The molecule has 1 aliphatic rings. The molecule has 2 aromatic rings. The molecule has 0 bridgehead atoms. The molecule has 2 N–H and O–H groups in total. The highest BCUT2D eigenvalue weighted by Crippen LogP contribution is 2.41. The number of fused-ring (bicyclic) bond motifs is 2. The van der Waals surface area contributed by atoms with E-state index in [1.54, 1.807) is 0 Å². The van der Waals surface area contributed by atoms with Gasteiger partial charge in [0.1, 0.15) is 5.75 Å². The van der Waals surface area contributed by atoms with Crippen LogP contribution in [0.5, 0.6) is 5.75 Å². The topological polar surface area (TPSA) is 35.2 Å². The minimum Gasteiger partial charge on any atom is -0.492 e. The van der Waals surface area contributed by atoms with Crippen LogP contribution < -0.4 is 10.5 Å². The quantitative estimate of drug-likeness (QED) is 0.801. The van der Waals surface area contributed by atoms with Gasteiger partial charge < -0.3 is 10.5 Å². The largest absolute Gasteiger partial charge is 0.492 e. The Morgan fingerprint density at radius 3 is 3.00 bits per heavy atom. The highest BCUT2D eigenvalue weighted by atomic mass is 79.9. The number of halogens is 1. The van der Waals surface area contributed by atoms with Crippen molar-refractivity contribution in [3.8, 4) is 5.75 Å². The molecule has 0 spiro atoms. The zero-order chi connectivity index (χ0) is 11.1. The van der Waals surface area contributed by atoms with Crippen molar-refractivity contribution in [3.05, 3.63) is 40.4 Å². The van der Waals surface area contributed by atoms with Crippen molar-refractivity contribution in [3.63, 3.8) is 0 Å². The average Bonchev–Trinajstić information content (AvgIpc) is 2.31. The van der Waals surface area contributed by atoms with Gasteiger partial charge >= 0.3 is 0 Å². The molecule has 0 unspecified atom stereocenters. The second-order valence-electron chi connectivity index (χ2n) is 4.07. The first-order valence-corrected chi connectivity index (χ1v) is 6.16. The van der Waals surface area contributed by atoms with Crippen molar-refractivity contribution in [2.24, 2.45) is 5.73 Å². The van der Waals surface area contributed by atoms with Crippen molar-refractivity contribution in [2.75, 3.05) is 6.61 Å². The fourth-order valence-corrected chi connectivity index (χ4v) is 2.87. The van der Waals surface area contributed by atoms with Gasteiger partial charge in [-0.2, -0.15) is 0 Å². The highest BCUT2D eigenvalue weighted by Gasteiger charge is 2.21. The van der Waals surface area contributed by atoms with Crippen LogP contribution >= 0.6 is 15.9 Å². The van der Waals surface area contributed by atoms with E-state index in [9.17, 15) is 0 Å². The summed E-state index contributed by atoms with van der Waals surface area (Å²) in [5.74, 6) is 0.914. The number of hydrogen-bond donors (Lipinski definition) is 1. The van der Waals surface area contributed by atoms with Crippen molar-refractivity contribution in [1.82, 2.24) is 0 Å². The first-order valence-electron chi connectivity index (χ1n) is 5.37. The Morgan fingerprint density at radius 2 is 2.12 bits per heavy atom. The lowest BCUT2D eigenvalue weighted by molar-refractivity contribution is 0.268. The van der Waals surface area contributed by atoms with E-state index in [-0.39, 0.29) is 6.04 Å². The molecule has 1 aliphatic heterocycles. The van der Waals surface area contributed by atoms with Gasteiger partial charge in [0.2, 0.25) is 0 Å². The predicted octanol–water partition coefficient (Wildman–Crippen LogP) is 3.38. The lowest BCUT2D eigenvalue weighted by atomic mass is 9.97. The molecule has 0 radical (unpaired) electrons. The second-order valence-corrected chi connectivity index (χ2v) is 4.87. The summed E-state index contributed by atoms with van der Waals surface area (Å²) in [6.45, 7) is 0.700. The molecule has 16 heavy (non-hydrogen) atoms. The molecule has 2 nitrogen and oxygen atoms in total. The number of nitrogens with two attached hydrogens (primary N) is 1. The fraction of sp³-hybridized carbons (Fsp3) is 0.231. The third kappa shape index (κ3) is 1.43. The molecule has 0 aliphatic carbocycles. The maximum Gasteiger partial charge on any atom is 0.138 e. The minimum atomic E-state index is 0.0876. The Morgan fingerprint density at radius 1 is 1.31 bits per heavy atom. The number of ether oxygens (including phenoxy) is 1. The third-order valence-corrected chi connectivity index (χ3v) is 3.83. The normalized spacial score (nSPS) is 19.2. The molecule has 0 amide bonds. The molecule has 82 valence electrons. The average molecular weight is 278 g/mol. The summed E-state index contributed by atoms with van der Waals surface area (Å²) in [6, 6.07) is 10.5. The Balaban J connectivity index is 2.36. The van der Waals surface area contributed by atoms with Crippen LogP contribution in [-0.2, 0) is 0 Å². The monoisotopic (exact) mass is 277 g/mol. The van der Waals surface area contributed by atoms with Crippen LogP contribution in [0.1, 0.15) is 18.0 Å². The number of benzene rings is 2. The van der Waals surface area contributed by atoms with E-state index >= 15 is 0 Å². The summed E-state index contributed by atoms with van der Waals surface area (Å²) < 4.78 is 6.73. The molecular formula is C13H12BrNO. The maximum absolute atomic E-state index is 6.11. The first kappa shape index (κ1) is 10.1. The molecular weight excluding hydrogens is 266 g/mol. The maximum atomic E-state index is 6.11. The highest BCUT2D eigenvalue weighted by molar-refractivity contribution is 9.10. The van der Waals surface area contributed by atoms with E-state index in [4.69, 9.17) is 10.5 Å². The van der Waals surface area contributed by atoms with Crippen LogP contribution in [0.15, 0.2) is 34.8 Å². The summed E-state index contributed by atoms with van der Waals surface area (Å²) in [5, 5.41) is 2.38. The van der Waals surface area contributed by atoms with Gasteiger partial charge in [-0.25, -0.2) is 0 Å². The van der Waals surface area contributed by atoms with E-state index in [0.29, 0.717) is 6.61 Å². The summed E-state index contributed by atoms with van der Waals surface area (Å²) in [7, 11) is 0. The van der Waals surface area contributed by atoms with Gasteiger partial charge in [0, 0.05) is 18.0 Å². The molecule has 1 atom stereocenters. The van der Waals surface area contributed by atoms with Gasteiger partial charge in [-0.15, -0.1) is 0 Å². The molecule has 1 heterocycles. The molecule has 3 rings (SSSR count). The predicted molar refractivity (Wildman–Crippen MR) is 68.7 cm³/mol. The van der Waals surface area contributed by atoms with Crippen molar-refractivity contribution >= 4 is 26.7 Å². The minimum absolute atomic E-state index is 0.0876.